The highest BCUT2D eigenvalue weighted by Gasteiger charge is 2.15. The lowest BCUT2D eigenvalue weighted by Gasteiger charge is -2.18. The number of carbonyl (C=O) groups excluding carboxylic acids is 1. The van der Waals surface area contributed by atoms with Gasteiger partial charge in [-0.2, -0.15) is 0 Å². The number of benzene rings is 2. The Bertz CT molecular complexity index is 668. The van der Waals surface area contributed by atoms with Crippen LogP contribution >= 0.6 is 39.1 Å². The SMILES string of the molecule is CN(Cc1cccc(Br)c1)C(=O)c1cc(Cl)c(N)c(Cl)c1. The van der Waals surface area contributed by atoms with Crippen LogP contribution in [0.25, 0.3) is 0 Å². The van der Waals surface area contributed by atoms with Crippen molar-refractivity contribution in [2.75, 3.05) is 12.8 Å². The highest BCUT2D eigenvalue weighted by molar-refractivity contribution is 9.10. The minimum Gasteiger partial charge on any atom is -0.396 e. The van der Waals surface area contributed by atoms with Crippen molar-refractivity contribution in [2.24, 2.45) is 0 Å². The van der Waals surface area contributed by atoms with Crippen molar-refractivity contribution in [1.82, 2.24) is 4.90 Å². The third-order valence-electron chi connectivity index (χ3n) is 2.98. The van der Waals surface area contributed by atoms with Crippen LogP contribution in [-0.4, -0.2) is 17.9 Å². The molecule has 0 heterocycles. The number of nitrogen functional groups attached to an aromatic ring is 1. The quantitative estimate of drug-likeness (QED) is 0.781. The van der Waals surface area contributed by atoms with E-state index in [-0.39, 0.29) is 21.6 Å². The Labute approximate surface area is 141 Å². The molecule has 0 unspecified atom stereocenters. The maximum absolute atomic E-state index is 12.4. The third-order valence-corrected chi connectivity index (χ3v) is 4.10. The van der Waals surface area contributed by atoms with E-state index >= 15 is 0 Å². The number of hydrogen-bond acceptors (Lipinski definition) is 2. The zero-order chi connectivity index (χ0) is 15.6. The summed E-state index contributed by atoms with van der Waals surface area (Å²) in [7, 11) is 1.72. The summed E-state index contributed by atoms with van der Waals surface area (Å²) in [6.45, 7) is 0.484. The largest absolute Gasteiger partial charge is 0.396 e. The molecule has 0 saturated carbocycles. The predicted octanol–water partition coefficient (Wildman–Crippen LogP) is 4.61. The molecule has 0 aliphatic rings. The summed E-state index contributed by atoms with van der Waals surface area (Å²) in [6.07, 6.45) is 0. The first-order valence-electron chi connectivity index (χ1n) is 6.13. The van der Waals surface area contributed by atoms with E-state index in [1.165, 1.54) is 12.1 Å². The van der Waals surface area contributed by atoms with Crippen LogP contribution in [-0.2, 0) is 6.54 Å². The Balaban J connectivity index is 2.20. The molecule has 2 rings (SSSR count). The number of hydrogen-bond donors (Lipinski definition) is 1. The summed E-state index contributed by atoms with van der Waals surface area (Å²) in [5, 5.41) is 0.559. The Kier molecular flexibility index (Phi) is 5.14. The number of amides is 1. The molecule has 2 aromatic carbocycles. The highest BCUT2D eigenvalue weighted by Crippen LogP contribution is 2.29. The van der Waals surface area contributed by atoms with Crippen molar-refractivity contribution in [3.63, 3.8) is 0 Å². The Hall–Kier alpha value is -1.23. The summed E-state index contributed by atoms with van der Waals surface area (Å²) < 4.78 is 0.972. The fourth-order valence-corrected chi connectivity index (χ4v) is 2.84. The molecular weight excluding hydrogens is 375 g/mol. The van der Waals surface area contributed by atoms with Crippen LogP contribution in [0.15, 0.2) is 40.9 Å². The van der Waals surface area contributed by atoms with Gasteiger partial charge in [0.1, 0.15) is 0 Å². The maximum Gasteiger partial charge on any atom is 0.254 e. The van der Waals surface area contributed by atoms with E-state index in [2.05, 4.69) is 15.9 Å². The van der Waals surface area contributed by atoms with E-state index < -0.39 is 0 Å². The second-order valence-electron chi connectivity index (χ2n) is 4.64. The van der Waals surface area contributed by atoms with E-state index in [0.29, 0.717) is 12.1 Å². The molecule has 0 fully saturated rings. The Morgan fingerprint density at radius 1 is 1.24 bits per heavy atom. The van der Waals surface area contributed by atoms with Crippen molar-refractivity contribution in [3.8, 4) is 0 Å². The number of nitrogens with two attached hydrogens (primary N) is 1. The lowest BCUT2D eigenvalue weighted by Crippen LogP contribution is -2.26. The van der Waals surface area contributed by atoms with Crippen LogP contribution in [0.3, 0.4) is 0 Å². The molecule has 0 aromatic heterocycles. The average Bonchev–Trinajstić information content (AvgIpc) is 2.43. The van der Waals surface area contributed by atoms with Gasteiger partial charge in [-0.3, -0.25) is 4.79 Å². The predicted molar refractivity (Wildman–Crippen MR) is 90.8 cm³/mol. The summed E-state index contributed by atoms with van der Waals surface area (Å²) in [5.41, 5.74) is 7.39. The summed E-state index contributed by atoms with van der Waals surface area (Å²) in [5.74, 6) is -0.168. The maximum atomic E-state index is 12.4. The molecule has 0 saturated heterocycles. The standard InChI is InChI=1S/C15H13BrCl2N2O/c1-20(8-9-3-2-4-11(16)5-9)15(21)10-6-12(17)14(19)13(18)7-10/h2-7H,8,19H2,1H3. The minimum atomic E-state index is -0.168. The number of halogens is 3. The molecule has 0 atom stereocenters. The monoisotopic (exact) mass is 386 g/mol. The first-order chi connectivity index (χ1) is 9.88. The minimum absolute atomic E-state index is 0.168. The van der Waals surface area contributed by atoms with Crippen LogP contribution in [0.4, 0.5) is 5.69 Å². The molecule has 2 N–H and O–H groups in total. The van der Waals surface area contributed by atoms with Gasteiger partial charge in [-0.25, -0.2) is 0 Å². The number of anilines is 1. The van der Waals surface area contributed by atoms with E-state index in [0.717, 1.165) is 10.0 Å². The van der Waals surface area contributed by atoms with E-state index in [1.807, 2.05) is 24.3 Å². The van der Waals surface area contributed by atoms with Crippen LogP contribution < -0.4 is 5.73 Å². The fourth-order valence-electron chi connectivity index (χ4n) is 1.91. The zero-order valence-corrected chi connectivity index (χ0v) is 14.3. The third kappa shape index (κ3) is 3.90. The van der Waals surface area contributed by atoms with E-state index in [9.17, 15) is 4.79 Å². The summed E-state index contributed by atoms with van der Waals surface area (Å²) >= 11 is 15.3. The molecule has 0 bridgehead atoms. The first-order valence-corrected chi connectivity index (χ1v) is 7.68. The number of rotatable bonds is 3. The van der Waals surface area contributed by atoms with Crippen molar-refractivity contribution < 1.29 is 4.79 Å². The first kappa shape index (κ1) is 16.1. The number of carbonyl (C=O) groups is 1. The van der Waals surface area contributed by atoms with Crippen molar-refractivity contribution >= 4 is 50.7 Å². The van der Waals surface area contributed by atoms with Crippen molar-refractivity contribution in [1.29, 1.82) is 0 Å². The fraction of sp³-hybridized carbons (Fsp3) is 0.133. The van der Waals surface area contributed by atoms with Crippen molar-refractivity contribution in [2.45, 2.75) is 6.54 Å². The topological polar surface area (TPSA) is 46.3 Å². The lowest BCUT2D eigenvalue weighted by molar-refractivity contribution is 0.0785. The van der Waals surface area contributed by atoms with Crippen LogP contribution in [0.2, 0.25) is 10.0 Å². The zero-order valence-electron chi connectivity index (χ0n) is 11.2. The Morgan fingerprint density at radius 2 is 1.86 bits per heavy atom. The normalized spacial score (nSPS) is 10.5. The molecule has 2 aromatic rings. The van der Waals surface area contributed by atoms with Crippen LogP contribution in [0.1, 0.15) is 15.9 Å². The molecule has 0 aliphatic carbocycles. The summed E-state index contributed by atoms with van der Waals surface area (Å²) in [6, 6.07) is 10.8. The van der Waals surface area contributed by atoms with Crippen LogP contribution in [0.5, 0.6) is 0 Å². The molecule has 0 radical (unpaired) electrons. The molecule has 6 heteroatoms. The molecule has 21 heavy (non-hydrogen) atoms. The van der Waals surface area contributed by atoms with Gasteiger partial charge in [0, 0.05) is 23.6 Å². The number of nitrogens with zero attached hydrogens (tertiary/aromatic N) is 1. The van der Waals surface area contributed by atoms with Gasteiger partial charge in [-0.15, -0.1) is 0 Å². The second kappa shape index (κ2) is 6.69. The van der Waals surface area contributed by atoms with Crippen LogP contribution in [0, 0.1) is 0 Å². The summed E-state index contributed by atoms with van der Waals surface area (Å²) in [4.78, 5) is 14.0. The Morgan fingerprint density at radius 3 is 2.43 bits per heavy atom. The molecule has 0 spiro atoms. The second-order valence-corrected chi connectivity index (χ2v) is 6.37. The van der Waals surface area contributed by atoms with Gasteiger partial charge in [0.05, 0.1) is 15.7 Å². The van der Waals surface area contributed by atoms with E-state index in [4.69, 9.17) is 28.9 Å². The molecule has 1 amide bonds. The van der Waals surface area contributed by atoms with Gasteiger partial charge < -0.3 is 10.6 Å². The smallest absolute Gasteiger partial charge is 0.254 e. The highest BCUT2D eigenvalue weighted by atomic mass is 79.9. The van der Waals surface area contributed by atoms with Gasteiger partial charge in [0.15, 0.2) is 0 Å². The lowest BCUT2D eigenvalue weighted by atomic mass is 10.1. The van der Waals surface area contributed by atoms with Gasteiger partial charge in [0.25, 0.3) is 5.91 Å². The van der Waals surface area contributed by atoms with E-state index in [1.54, 1.807) is 11.9 Å². The van der Waals surface area contributed by atoms with Gasteiger partial charge >= 0.3 is 0 Å². The average molecular weight is 388 g/mol. The van der Waals surface area contributed by atoms with Gasteiger partial charge in [-0.05, 0) is 29.8 Å². The van der Waals surface area contributed by atoms with Gasteiger partial charge in [0.2, 0.25) is 0 Å². The van der Waals surface area contributed by atoms with Gasteiger partial charge in [-0.1, -0.05) is 51.3 Å². The molecule has 3 nitrogen and oxygen atoms in total. The van der Waals surface area contributed by atoms with Crippen molar-refractivity contribution in [3.05, 3.63) is 62.0 Å². The molecule has 110 valence electrons. The molecular formula is C15H13BrCl2N2O. The molecule has 0 aliphatic heterocycles.